The van der Waals surface area contributed by atoms with E-state index in [0.29, 0.717) is 42.6 Å². The molecule has 0 radical (unpaired) electrons. The molecule has 1 aliphatic heterocycles. The minimum Gasteiger partial charge on any atom is -0.486 e. The Labute approximate surface area is 176 Å². The number of nitrogens with zero attached hydrogens (tertiary/aromatic N) is 2. The van der Waals surface area contributed by atoms with E-state index in [1.807, 2.05) is 51.1 Å². The fourth-order valence-electron chi connectivity index (χ4n) is 3.29. The molecule has 3 aromatic rings. The lowest BCUT2D eigenvalue weighted by molar-refractivity contribution is 0.171. The van der Waals surface area contributed by atoms with Crippen molar-refractivity contribution in [3.05, 3.63) is 66.0 Å². The number of aromatic nitrogens is 2. The van der Waals surface area contributed by atoms with Gasteiger partial charge in [0.15, 0.2) is 11.5 Å². The first-order valence-electron chi connectivity index (χ1n) is 9.77. The summed E-state index contributed by atoms with van der Waals surface area (Å²) in [5.41, 5.74) is 1.53. The molecule has 0 aliphatic carbocycles. The van der Waals surface area contributed by atoms with Crippen molar-refractivity contribution >= 4 is 15.7 Å². The fraction of sp³-hybridized carbons (Fsp3) is 0.318. The van der Waals surface area contributed by atoms with Gasteiger partial charge in [0.1, 0.15) is 18.1 Å². The first-order chi connectivity index (χ1) is 14.2. The highest BCUT2D eigenvalue weighted by molar-refractivity contribution is 7.92. The Morgan fingerprint density at radius 2 is 1.73 bits per heavy atom. The van der Waals surface area contributed by atoms with E-state index in [9.17, 15) is 8.42 Å². The van der Waals surface area contributed by atoms with Crippen LogP contribution in [-0.4, -0.2) is 31.4 Å². The number of fused-ring (bicyclic) bond motifs is 1. The van der Waals surface area contributed by atoms with Crippen LogP contribution in [0.1, 0.15) is 32.0 Å². The maximum absolute atomic E-state index is 13.3. The molecule has 0 fully saturated rings. The lowest BCUT2D eigenvalue weighted by Crippen LogP contribution is -2.21. The second kappa shape index (κ2) is 7.68. The van der Waals surface area contributed by atoms with E-state index in [4.69, 9.17) is 9.47 Å². The molecule has 158 valence electrons. The lowest BCUT2D eigenvalue weighted by atomic mass is 9.92. The number of benzene rings is 2. The first kappa shape index (κ1) is 20.3. The van der Waals surface area contributed by atoms with Crippen molar-refractivity contribution in [1.29, 1.82) is 0 Å². The number of ether oxygens (including phenoxy) is 2. The fourth-order valence-corrected chi connectivity index (χ4v) is 4.70. The van der Waals surface area contributed by atoms with Crippen LogP contribution in [0.15, 0.2) is 59.6 Å². The SMILES string of the molecule is CC(C)(C)c1nn(Cc2ccccc2)cc1S(=O)(=O)Nc1ccc2c(c1)OCCO2. The van der Waals surface area contributed by atoms with E-state index in [-0.39, 0.29) is 4.90 Å². The highest BCUT2D eigenvalue weighted by atomic mass is 32.2. The third-order valence-electron chi connectivity index (χ3n) is 4.71. The normalized spacial score (nSPS) is 13.8. The summed E-state index contributed by atoms with van der Waals surface area (Å²) < 4.78 is 41.9. The minimum atomic E-state index is -3.85. The Kier molecular flexibility index (Phi) is 5.19. The Morgan fingerprint density at radius 1 is 1.03 bits per heavy atom. The molecule has 2 heterocycles. The third kappa shape index (κ3) is 4.28. The molecular formula is C22H25N3O4S. The van der Waals surface area contributed by atoms with Crippen molar-refractivity contribution in [3.8, 4) is 11.5 Å². The summed E-state index contributed by atoms with van der Waals surface area (Å²) in [5, 5.41) is 4.61. The predicted octanol–water partition coefficient (Wildman–Crippen LogP) is 3.80. The summed E-state index contributed by atoms with van der Waals surface area (Å²) in [4.78, 5) is 0.167. The van der Waals surface area contributed by atoms with E-state index in [2.05, 4.69) is 9.82 Å². The molecule has 30 heavy (non-hydrogen) atoms. The molecule has 1 aliphatic rings. The summed E-state index contributed by atoms with van der Waals surface area (Å²) in [6, 6.07) is 14.8. The van der Waals surface area contributed by atoms with E-state index in [1.54, 1.807) is 29.1 Å². The minimum absolute atomic E-state index is 0.167. The second-order valence-corrected chi connectivity index (χ2v) is 9.89. The molecule has 1 aromatic heterocycles. The Bertz CT molecular complexity index is 1150. The maximum atomic E-state index is 13.3. The average molecular weight is 428 g/mol. The monoisotopic (exact) mass is 427 g/mol. The molecule has 0 amide bonds. The summed E-state index contributed by atoms with van der Waals surface area (Å²) >= 11 is 0. The zero-order valence-corrected chi connectivity index (χ0v) is 18.1. The Balaban J connectivity index is 1.67. The van der Waals surface area contributed by atoms with Crippen LogP contribution in [0, 0.1) is 0 Å². The van der Waals surface area contributed by atoms with Crippen LogP contribution >= 0.6 is 0 Å². The Hall–Kier alpha value is -3.00. The van der Waals surface area contributed by atoms with Crippen LogP contribution < -0.4 is 14.2 Å². The average Bonchev–Trinajstić information content (AvgIpc) is 3.14. The smallest absolute Gasteiger partial charge is 0.265 e. The maximum Gasteiger partial charge on any atom is 0.265 e. The molecule has 7 nitrogen and oxygen atoms in total. The van der Waals surface area contributed by atoms with Gasteiger partial charge in [0.05, 0.1) is 17.9 Å². The largest absolute Gasteiger partial charge is 0.486 e. The topological polar surface area (TPSA) is 82.5 Å². The summed E-state index contributed by atoms with van der Waals surface area (Å²) in [6.45, 7) is 7.25. The van der Waals surface area contributed by atoms with Crippen molar-refractivity contribution in [2.75, 3.05) is 17.9 Å². The molecular weight excluding hydrogens is 402 g/mol. The van der Waals surface area contributed by atoms with Gasteiger partial charge in [0.25, 0.3) is 10.0 Å². The predicted molar refractivity (Wildman–Crippen MR) is 115 cm³/mol. The van der Waals surface area contributed by atoms with Gasteiger partial charge in [-0.15, -0.1) is 0 Å². The highest BCUT2D eigenvalue weighted by Gasteiger charge is 2.30. The highest BCUT2D eigenvalue weighted by Crippen LogP contribution is 2.34. The summed E-state index contributed by atoms with van der Waals surface area (Å²) in [6.07, 6.45) is 1.59. The van der Waals surface area contributed by atoms with Gasteiger partial charge in [-0.3, -0.25) is 9.40 Å². The van der Waals surface area contributed by atoms with Crippen LogP contribution in [0.25, 0.3) is 0 Å². The molecule has 2 aromatic carbocycles. The van der Waals surface area contributed by atoms with Gasteiger partial charge in [-0.1, -0.05) is 51.1 Å². The molecule has 0 saturated heterocycles. The van der Waals surface area contributed by atoms with Crippen LogP contribution in [0.3, 0.4) is 0 Å². The molecule has 0 unspecified atom stereocenters. The second-order valence-electron chi connectivity index (χ2n) is 8.24. The van der Waals surface area contributed by atoms with Gasteiger partial charge < -0.3 is 9.47 Å². The van der Waals surface area contributed by atoms with E-state index in [0.717, 1.165) is 5.56 Å². The van der Waals surface area contributed by atoms with E-state index >= 15 is 0 Å². The molecule has 0 atom stereocenters. The molecule has 8 heteroatoms. The standard InChI is InChI=1S/C22H25N3O4S/c1-22(2,3)21-20(15-25(23-21)14-16-7-5-4-6-8-16)30(26,27)24-17-9-10-18-19(13-17)29-12-11-28-18/h4-10,13,15,24H,11-12,14H2,1-3H3. The van der Waals surface area contributed by atoms with Crippen molar-refractivity contribution in [3.63, 3.8) is 0 Å². The number of rotatable bonds is 5. The molecule has 0 bridgehead atoms. The molecule has 4 rings (SSSR count). The zero-order chi connectivity index (χ0) is 21.4. The number of nitrogens with one attached hydrogen (secondary N) is 1. The van der Waals surface area contributed by atoms with Crippen LogP contribution in [0.4, 0.5) is 5.69 Å². The number of hydrogen-bond acceptors (Lipinski definition) is 5. The van der Waals surface area contributed by atoms with Crippen molar-refractivity contribution < 1.29 is 17.9 Å². The van der Waals surface area contributed by atoms with Gasteiger partial charge >= 0.3 is 0 Å². The first-order valence-corrected chi connectivity index (χ1v) is 11.2. The van der Waals surface area contributed by atoms with Gasteiger partial charge in [0, 0.05) is 17.7 Å². The number of hydrogen-bond donors (Lipinski definition) is 1. The van der Waals surface area contributed by atoms with Crippen molar-refractivity contribution in [2.24, 2.45) is 0 Å². The third-order valence-corrected chi connectivity index (χ3v) is 6.09. The summed E-state index contributed by atoms with van der Waals surface area (Å²) in [5.74, 6) is 1.13. The number of anilines is 1. The van der Waals surface area contributed by atoms with Crippen LogP contribution in [0.5, 0.6) is 11.5 Å². The van der Waals surface area contributed by atoms with Crippen LogP contribution in [-0.2, 0) is 22.0 Å². The lowest BCUT2D eigenvalue weighted by Gasteiger charge is -2.20. The molecule has 0 spiro atoms. The van der Waals surface area contributed by atoms with Crippen molar-refractivity contribution in [2.45, 2.75) is 37.6 Å². The van der Waals surface area contributed by atoms with Gasteiger partial charge in [-0.2, -0.15) is 5.10 Å². The van der Waals surface area contributed by atoms with E-state index in [1.165, 1.54) is 0 Å². The van der Waals surface area contributed by atoms with Gasteiger partial charge in [-0.05, 0) is 17.7 Å². The number of sulfonamides is 1. The van der Waals surface area contributed by atoms with Crippen molar-refractivity contribution in [1.82, 2.24) is 9.78 Å². The molecule has 0 saturated carbocycles. The quantitative estimate of drug-likeness (QED) is 0.670. The van der Waals surface area contributed by atoms with Gasteiger partial charge in [-0.25, -0.2) is 8.42 Å². The zero-order valence-electron chi connectivity index (χ0n) is 17.3. The van der Waals surface area contributed by atoms with Crippen LogP contribution in [0.2, 0.25) is 0 Å². The molecule has 1 N–H and O–H groups in total. The summed E-state index contributed by atoms with van der Waals surface area (Å²) in [7, 11) is -3.85. The Morgan fingerprint density at radius 3 is 2.43 bits per heavy atom. The van der Waals surface area contributed by atoms with Gasteiger partial charge in [0.2, 0.25) is 0 Å². The van der Waals surface area contributed by atoms with E-state index < -0.39 is 15.4 Å².